The van der Waals surface area contributed by atoms with E-state index >= 15 is 0 Å². The number of oxazole rings is 1. The van der Waals surface area contributed by atoms with Gasteiger partial charge in [0.1, 0.15) is 0 Å². The molecule has 172 valence electrons. The Morgan fingerprint density at radius 1 is 1.24 bits per heavy atom. The van der Waals surface area contributed by atoms with Crippen LogP contribution in [0.2, 0.25) is 0 Å². The monoisotopic (exact) mass is 447 g/mol. The van der Waals surface area contributed by atoms with Crippen LogP contribution in [-0.2, 0) is 22.5 Å². The van der Waals surface area contributed by atoms with E-state index in [0.29, 0.717) is 25.2 Å². The third-order valence-electron chi connectivity index (χ3n) is 6.28. The van der Waals surface area contributed by atoms with Crippen LogP contribution in [0, 0.1) is 17.2 Å². The number of nitrogens with one attached hydrogen (secondary N) is 1. The number of nitriles is 1. The molecule has 33 heavy (non-hydrogen) atoms. The third kappa shape index (κ3) is 5.41. The molecular formula is C26H29N3O4. The van der Waals surface area contributed by atoms with Crippen LogP contribution in [0.1, 0.15) is 31.2 Å². The van der Waals surface area contributed by atoms with Crippen molar-refractivity contribution in [3.63, 3.8) is 0 Å². The molecule has 0 radical (unpaired) electrons. The molecule has 4 rings (SSSR count). The number of rotatable bonds is 9. The molecule has 0 unspecified atom stereocenters. The molecule has 3 aromatic rings. The smallest absolute Gasteiger partial charge is 0.408 e. The fourth-order valence-electron chi connectivity index (χ4n) is 4.43. The van der Waals surface area contributed by atoms with E-state index in [4.69, 9.17) is 9.15 Å². The molecule has 1 aromatic heterocycles. The van der Waals surface area contributed by atoms with Crippen LogP contribution in [0.25, 0.3) is 22.2 Å². The van der Waals surface area contributed by atoms with Crippen molar-refractivity contribution in [3.05, 3.63) is 58.6 Å². The molecule has 2 atom stereocenters. The summed E-state index contributed by atoms with van der Waals surface area (Å²) in [5.74, 6) is -0.578. The number of benzene rings is 2. The Bertz CT molecular complexity index is 1200. The van der Waals surface area contributed by atoms with E-state index in [1.54, 1.807) is 17.7 Å². The van der Waals surface area contributed by atoms with Crippen LogP contribution in [0.15, 0.2) is 51.7 Å². The normalized spacial score (nSPS) is 17.0. The molecule has 1 saturated heterocycles. The lowest BCUT2D eigenvalue weighted by Crippen LogP contribution is -2.41. The molecule has 0 bridgehead atoms. The SMILES string of the molecule is COCCn1c(=O)oc2ccc(-c3ccc(C[C@@H](C#N)CC(=O)[C@@H]4CCCCN4)cc3)cc21. The number of piperidine rings is 1. The lowest BCUT2D eigenvalue weighted by molar-refractivity contribution is -0.122. The zero-order valence-corrected chi connectivity index (χ0v) is 18.9. The van der Waals surface area contributed by atoms with Gasteiger partial charge < -0.3 is 14.5 Å². The highest BCUT2D eigenvalue weighted by Gasteiger charge is 2.23. The molecule has 0 amide bonds. The predicted octanol–water partition coefficient (Wildman–Crippen LogP) is 3.69. The molecule has 2 heterocycles. The van der Waals surface area contributed by atoms with E-state index in [1.807, 2.05) is 36.4 Å². The van der Waals surface area contributed by atoms with E-state index in [1.165, 1.54) is 0 Å². The second-order valence-corrected chi connectivity index (χ2v) is 8.59. The summed E-state index contributed by atoms with van der Waals surface area (Å²) in [6.07, 6.45) is 3.87. The van der Waals surface area contributed by atoms with Crippen molar-refractivity contribution in [2.45, 2.75) is 44.7 Å². The van der Waals surface area contributed by atoms with E-state index in [-0.39, 0.29) is 24.2 Å². The first-order chi connectivity index (χ1) is 16.1. The predicted molar refractivity (Wildman–Crippen MR) is 126 cm³/mol. The van der Waals surface area contributed by atoms with Gasteiger partial charge in [0, 0.05) is 13.5 Å². The van der Waals surface area contributed by atoms with Gasteiger partial charge in [-0.1, -0.05) is 36.8 Å². The summed E-state index contributed by atoms with van der Waals surface area (Å²) < 4.78 is 12.0. The number of Topliss-reactive ketones (excluding diaryl/α,β-unsaturated/α-hetero) is 1. The minimum absolute atomic E-state index is 0.101. The highest BCUT2D eigenvalue weighted by atomic mass is 16.5. The number of fused-ring (bicyclic) bond motifs is 1. The molecule has 7 heteroatoms. The fraction of sp³-hybridized carbons (Fsp3) is 0.423. The zero-order valence-electron chi connectivity index (χ0n) is 18.9. The van der Waals surface area contributed by atoms with Gasteiger partial charge in [-0.05, 0) is 54.6 Å². The van der Waals surface area contributed by atoms with Crippen molar-refractivity contribution in [2.24, 2.45) is 5.92 Å². The highest BCUT2D eigenvalue weighted by Crippen LogP contribution is 2.25. The number of hydrogen-bond donors (Lipinski definition) is 1. The zero-order chi connectivity index (χ0) is 23.2. The quantitative estimate of drug-likeness (QED) is 0.537. The molecule has 1 N–H and O–H groups in total. The van der Waals surface area contributed by atoms with Gasteiger partial charge in [0.25, 0.3) is 0 Å². The summed E-state index contributed by atoms with van der Waals surface area (Å²) >= 11 is 0. The first-order valence-electron chi connectivity index (χ1n) is 11.5. The summed E-state index contributed by atoms with van der Waals surface area (Å²) in [5.41, 5.74) is 4.28. The number of aromatic nitrogens is 1. The number of nitrogens with zero attached hydrogens (tertiary/aromatic N) is 2. The van der Waals surface area contributed by atoms with Gasteiger partial charge in [-0.2, -0.15) is 5.26 Å². The van der Waals surface area contributed by atoms with Crippen LogP contribution in [-0.4, -0.2) is 36.7 Å². The Morgan fingerprint density at radius 2 is 2.03 bits per heavy atom. The minimum Gasteiger partial charge on any atom is -0.408 e. The van der Waals surface area contributed by atoms with Gasteiger partial charge in [-0.25, -0.2) is 4.79 Å². The molecule has 0 spiro atoms. The van der Waals surface area contributed by atoms with E-state index in [2.05, 4.69) is 11.4 Å². The molecule has 0 aliphatic carbocycles. The Balaban J connectivity index is 1.46. The van der Waals surface area contributed by atoms with Gasteiger partial charge in [-0.15, -0.1) is 0 Å². The summed E-state index contributed by atoms with van der Waals surface area (Å²) in [4.78, 5) is 24.7. The van der Waals surface area contributed by atoms with Gasteiger partial charge in [0.15, 0.2) is 11.4 Å². The summed E-state index contributed by atoms with van der Waals surface area (Å²) in [5, 5.41) is 12.9. The lowest BCUT2D eigenvalue weighted by Gasteiger charge is -2.23. The molecular weight excluding hydrogens is 418 g/mol. The van der Waals surface area contributed by atoms with Crippen molar-refractivity contribution >= 4 is 16.9 Å². The van der Waals surface area contributed by atoms with Crippen LogP contribution in [0.4, 0.5) is 0 Å². The minimum atomic E-state index is -0.393. The van der Waals surface area contributed by atoms with Crippen molar-refractivity contribution < 1.29 is 13.9 Å². The standard InChI is InChI=1S/C26H29N3O4/c1-32-13-12-29-23-16-21(9-10-25(23)33-26(29)31)20-7-5-18(6-8-20)14-19(17-27)15-24(30)22-4-2-3-11-28-22/h5-10,16,19,22,28H,2-4,11-15H2,1H3/t19-,22+/m1/s1. The van der Waals surface area contributed by atoms with Crippen LogP contribution < -0.4 is 11.1 Å². The van der Waals surface area contributed by atoms with Crippen molar-refractivity contribution in [1.82, 2.24) is 9.88 Å². The number of ketones is 1. The summed E-state index contributed by atoms with van der Waals surface area (Å²) in [6, 6.07) is 15.9. The molecule has 1 fully saturated rings. The molecule has 7 nitrogen and oxygen atoms in total. The molecule has 2 aromatic carbocycles. The number of ether oxygens (including phenoxy) is 1. The molecule has 0 saturated carbocycles. The van der Waals surface area contributed by atoms with Gasteiger partial charge >= 0.3 is 5.76 Å². The lowest BCUT2D eigenvalue weighted by atomic mass is 9.90. The summed E-state index contributed by atoms with van der Waals surface area (Å²) in [6.45, 7) is 1.73. The Labute approximate surface area is 193 Å². The number of carbonyl (C=O) groups excluding carboxylic acids is 1. The number of carbonyl (C=O) groups is 1. The fourth-order valence-corrected chi connectivity index (χ4v) is 4.43. The first kappa shape index (κ1) is 23.0. The van der Waals surface area contributed by atoms with E-state index < -0.39 is 5.76 Å². The first-order valence-corrected chi connectivity index (χ1v) is 11.5. The molecule has 1 aliphatic rings. The van der Waals surface area contributed by atoms with E-state index in [0.717, 1.165) is 48.0 Å². The van der Waals surface area contributed by atoms with Crippen LogP contribution >= 0.6 is 0 Å². The Kier molecular flexibility index (Phi) is 7.38. The second kappa shape index (κ2) is 10.6. The van der Waals surface area contributed by atoms with E-state index in [9.17, 15) is 14.9 Å². The van der Waals surface area contributed by atoms with Crippen molar-refractivity contribution in [3.8, 4) is 17.2 Å². The number of hydrogen-bond acceptors (Lipinski definition) is 6. The van der Waals surface area contributed by atoms with Crippen molar-refractivity contribution in [1.29, 1.82) is 5.26 Å². The number of methoxy groups -OCH3 is 1. The maximum absolute atomic E-state index is 12.5. The molecule has 1 aliphatic heterocycles. The average Bonchev–Trinajstić information content (AvgIpc) is 3.17. The third-order valence-corrected chi connectivity index (χ3v) is 6.28. The van der Waals surface area contributed by atoms with Gasteiger partial charge in [0.05, 0.1) is 36.7 Å². The van der Waals surface area contributed by atoms with Gasteiger partial charge in [0.2, 0.25) is 0 Å². The maximum Gasteiger partial charge on any atom is 0.420 e. The Morgan fingerprint density at radius 3 is 2.73 bits per heavy atom. The summed E-state index contributed by atoms with van der Waals surface area (Å²) in [7, 11) is 1.60. The van der Waals surface area contributed by atoms with Crippen LogP contribution in [0.5, 0.6) is 0 Å². The van der Waals surface area contributed by atoms with Crippen molar-refractivity contribution in [2.75, 3.05) is 20.3 Å². The largest absolute Gasteiger partial charge is 0.420 e. The second-order valence-electron chi connectivity index (χ2n) is 8.59. The highest BCUT2D eigenvalue weighted by molar-refractivity contribution is 5.84. The maximum atomic E-state index is 12.5. The van der Waals surface area contributed by atoms with Crippen LogP contribution in [0.3, 0.4) is 0 Å². The average molecular weight is 448 g/mol. The van der Waals surface area contributed by atoms with Gasteiger partial charge in [-0.3, -0.25) is 9.36 Å². The topological polar surface area (TPSA) is 97.3 Å². The Hall–Kier alpha value is -3.21.